The lowest BCUT2D eigenvalue weighted by molar-refractivity contribution is -0.134. The molecule has 208 valence electrons. The maximum Gasteiger partial charge on any atom is 0.394 e. The van der Waals surface area contributed by atoms with Gasteiger partial charge in [0.05, 0.1) is 14.2 Å². The fourth-order valence-electron chi connectivity index (χ4n) is 2.38. The van der Waals surface area contributed by atoms with Gasteiger partial charge in [0.1, 0.15) is 0 Å². The van der Waals surface area contributed by atoms with Gasteiger partial charge >= 0.3 is 28.3 Å². The molecule has 0 aliphatic rings. The van der Waals surface area contributed by atoms with E-state index in [9.17, 15) is 19.5 Å². The van der Waals surface area contributed by atoms with Crippen molar-refractivity contribution >= 4 is 40.5 Å². The number of carbonyl (C=O) groups excluding carboxylic acids is 1. The molecule has 14 heteroatoms. The van der Waals surface area contributed by atoms with Gasteiger partial charge in [-0.3, -0.25) is 13.9 Å². The fraction of sp³-hybridized carbons (Fsp3) is 0.208. The van der Waals surface area contributed by atoms with Gasteiger partial charge in [0.25, 0.3) is 0 Å². The number of benzene rings is 2. The first-order valence-corrected chi connectivity index (χ1v) is 11.9. The van der Waals surface area contributed by atoms with E-state index in [1.165, 1.54) is 32.4 Å². The number of phenols is 1. The number of esters is 1. The van der Waals surface area contributed by atoms with Crippen molar-refractivity contribution in [2.45, 2.75) is 19.8 Å². The molecular formula is C24H28O13S. The summed E-state index contributed by atoms with van der Waals surface area (Å²) in [5.41, 5.74) is 1.30. The smallest absolute Gasteiger partial charge is 0.394 e. The molecule has 0 saturated heterocycles. The van der Waals surface area contributed by atoms with Crippen LogP contribution in [0.3, 0.4) is 0 Å². The first-order chi connectivity index (χ1) is 17.7. The van der Waals surface area contributed by atoms with Crippen molar-refractivity contribution in [3.8, 4) is 23.0 Å². The predicted molar refractivity (Wildman–Crippen MR) is 136 cm³/mol. The third kappa shape index (κ3) is 16.3. The van der Waals surface area contributed by atoms with Crippen LogP contribution in [0.1, 0.15) is 30.9 Å². The maximum atomic E-state index is 11.4. The molecule has 0 heterocycles. The number of ether oxygens (including phenoxy) is 3. The number of hydrogen-bond donors (Lipinski definition) is 5. The zero-order valence-electron chi connectivity index (χ0n) is 20.6. The second-order valence-corrected chi connectivity index (χ2v) is 7.75. The molecule has 5 N–H and O–H groups in total. The van der Waals surface area contributed by atoms with E-state index >= 15 is 0 Å². The molecular weight excluding hydrogens is 528 g/mol. The first-order valence-electron chi connectivity index (χ1n) is 10.5. The predicted octanol–water partition coefficient (Wildman–Crippen LogP) is 3.34. The van der Waals surface area contributed by atoms with Crippen LogP contribution in [0, 0.1) is 0 Å². The van der Waals surface area contributed by atoms with Crippen molar-refractivity contribution in [2.75, 3.05) is 14.2 Å². The normalized spacial score (nSPS) is 10.6. The van der Waals surface area contributed by atoms with Crippen LogP contribution in [-0.4, -0.2) is 65.0 Å². The van der Waals surface area contributed by atoms with E-state index in [0.29, 0.717) is 41.2 Å². The summed E-state index contributed by atoms with van der Waals surface area (Å²) in [4.78, 5) is 32.1. The zero-order valence-corrected chi connectivity index (χ0v) is 21.4. The maximum absolute atomic E-state index is 11.4. The Bertz CT molecular complexity index is 1240. The van der Waals surface area contributed by atoms with Crippen LogP contribution in [0.15, 0.2) is 48.6 Å². The molecule has 0 fully saturated rings. The Kier molecular flexibility index (Phi) is 15.1. The third-order valence-corrected chi connectivity index (χ3v) is 3.91. The Hall–Kier alpha value is -4.40. The topological polar surface area (TPSA) is 214 Å². The minimum Gasteiger partial charge on any atom is -0.504 e. The molecule has 0 amide bonds. The summed E-state index contributed by atoms with van der Waals surface area (Å²) in [5.74, 6) is -1.31. The fourth-order valence-corrected chi connectivity index (χ4v) is 2.38. The number of hydrogen-bond acceptors (Lipinski definition) is 9. The molecule has 2 rings (SSSR count). The van der Waals surface area contributed by atoms with Crippen LogP contribution in [-0.2, 0) is 24.8 Å². The summed E-state index contributed by atoms with van der Waals surface area (Å²) in [6.45, 7) is 1.89. The summed E-state index contributed by atoms with van der Waals surface area (Å²) < 4.78 is 46.7. The Morgan fingerprint density at radius 2 is 1.26 bits per heavy atom. The molecule has 38 heavy (non-hydrogen) atoms. The Balaban J connectivity index is 0.000000631. The molecule has 0 aromatic heterocycles. The van der Waals surface area contributed by atoms with Crippen molar-refractivity contribution < 1.29 is 61.4 Å². The van der Waals surface area contributed by atoms with Gasteiger partial charge in [0.15, 0.2) is 23.0 Å². The van der Waals surface area contributed by atoms with Gasteiger partial charge in [-0.05, 0) is 54.0 Å². The molecule has 0 unspecified atom stereocenters. The van der Waals surface area contributed by atoms with E-state index in [0.717, 1.165) is 12.2 Å². The van der Waals surface area contributed by atoms with Gasteiger partial charge in [0, 0.05) is 18.6 Å². The van der Waals surface area contributed by atoms with Gasteiger partial charge in [-0.25, -0.2) is 9.59 Å². The van der Waals surface area contributed by atoms with Crippen molar-refractivity contribution in [1.82, 2.24) is 0 Å². The van der Waals surface area contributed by atoms with E-state index in [-0.39, 0.29) is 11.7 Å². The molecule has 0 radical (unpaired) electrons. The van der Waals surface area contributed by atoms with Gasteiger partial charge in [-0.15, -0.1) is 0 Å². The van der Waals surface area contributed by atoms with Crippen molar-refractivity contribution in [3.63, 3.8) is 0 Å². The average Bonchev–Trinajstić information content (AvgIpc) is 2.82. The monoisotopic (exact) mass is 556 g/mol. The molecule has 0 bridgehead atoms. The quantitative estimate of drug-likeness (QED) is 0.130. The summed E-state index contributed by atoms with van der Waals surface area (Å²) in [7, 11) is -1.78. The molecule has 2 aromatic rings. The standard InChI is InChI=1S/C14H16O5.C10H10O4.H2O4S/c1-3-4-14(17)19-11-7-5-10(6-8-13(15)16)9-12(11)18-2;1-14-9-6-7(2-4-8(9)11)3-5-10(12)13;1-5(2,3)4/h5-9H,3-4H2,1-2H3,(H,15,16);2-6,11H,1H3,(H,12,13);(H2,1,2,3,4)/b8-6+;5-3+;. The lowest BCUT2D eigenvalue weighted by Crippen LogP contribution is -2.07. The lowest BCUT2D eigenvalue weighted by atomic mass is 10.2. The van der Waals surface area contributed by atoms with E-state index in [4.69, 9.17) is 41.9 Å². The highest BCUT2D eigenvalue weighted by Crippen LogP contribution is 2.29. The average molecular weight is 557 g/mol. The molecule has 0 spiro atoms. The van der Waals surface area contributed by atoms with E-state index in [1.807, 2.05) is 6.92 Å². The minimum atomic E-state index is -4.67. The van der Waals surface area contributed by atoms with E-state index < -0.39 is 22.3 Å². The van der Waals surface area contributed by atoms with Crippen molar-refractivity contribution in [3.05, 3.63) is 59.7 Å². The Morgan fingerprint density at radius 3 is 1.68 bits per heavy atom. The van der Waals surface area contributed by atoms with Crippen LogP contribution >= 0.6 is 0 Å². The van der Waals surface area contributed by atoms with Crippen molar-refractivity contribution in [2.24, 2.45) is 0 Å². The Morgan fingerprint density at radius 1 is 0.816 bits per heavy atom. The number of rotatable bonds is 9. The van der Waals surface area contributed by atoms with E-state index in [2.05, 4.69) is 0 Å². The molecule has 0 aliphatic carbocycles. The third-order valence-electron chi connectivity index (χ3n) is 3.91. The van der Waals surface area contributed by atoms with Crippen LogP contribution in [0.2, 0.25) is 0 Å². The summed E-state index contributed by atoms with van der Waals surface area (Å²) in [6.07, 6.45) is 5.94. The number of carboxylic acids is 2. The molecule has 2 aromatic carbocycles. The number of carboxylic acid groups (broad SMARTS) is 2. The van der Waals surface area contributed by atoms with Crippen LogP contribution in [0.4, 0.5) is 0 Å². The minimum absolute atomic E-state index is 0.0278. The van der Waals surface area contributed by atoms with Crippen LogP contribution < -0.4 is 14.2 Å². The second-order valence-electron chi connectivity index (χ2n) is 6.86. The molecule has 0 atom stereocenters. The van der Waals surface area contributed by atoms with Crippen molar-refractivity contribution in [1.29, 1.82) is 0 Å². The van der Waals surface area contributed by atoms with Gasteiger partial charge in [0.2, 0.25) is 0 Å². The Labute approximate surface area is 218 Å². The largest absolute Gasteiger partial charge is 0.504 e. The van der Waals surface area contributed by atoms with Gasteiger partial charge < -0.3 is 29.5 Å². The highest BCUT2D eigenvalue weighted by atomic mass is 32.3. The lowest BCUT2D eigenvalue weighted by Gasteiger charge is -2.09. The van der Waals surface area contributed by atoms with Gasteiger partial charge in [-0.2, -0.15) is 8.42 Å². The summed E-state index contributed by atoms with van der Waals surface area (Å²) in [5, 5.41) is 26.2. The van der Waals surface area contributed by atoms with Crippen LogP contribution in [0.25, 0.3) is 12.2 Å². The van der Waals surface area contributed by atoms with Gasteiger partial charge in [-0.1, -0.05) is 19.1 Å². The first kappa shape index (κ1) is 33.6. The second kappa shape index (κ2) is 17.1. The number of carbonyl (C=O) groups is 3. The molecule has 0 saturated carbocycles. The highest BCUT2D eigenvalue weighted by Gasteiger charge is 2.09. The highest BCUT2D eigenvalue weighted by molar-refractivity contribution is 7.79. The van der Waals surface area contributed by atoms with Crippen LogP contribution in [0.5, 0.6) is 23.0 Å². The SMILES string of the molecule is CCCC(=O)Oc1ccc(/C=C/C(=O)O)cc1OC.COc1cc(/C=C/C(=O)O)ccc1O.O=S(=O)(O)O. The molecule has 0 aliphatic heterocycles. The van der Waals surface area contributed by atoms with E-state index in [1.54, 1.807) is 30.3 Å². The number of aliphatic carboxylic acids is 2. The zero-order chi connectivity index (χ0) is 29.3. The number of phenolic OH excluding ortho intramolecular Hbond substituents is 1. The number of methoxy groups -OCH3 is 2. The summed E-state index contributed by atoms with van der Waals surface area (Å²) >= 11 is 0. The molecule has 13 nitrogen and oxygen atoms in total. The number of aromatic hydroxyl groups is 1. The summed E-state index contributed by atoms with van der Waals surface area (Å²) in [6, 6.07) is 9.42.